The van der Waals surface area contributed by atoms with Crippen LogP contribution in [0, 0.1) is 34.5 Å². The van der Waals surface area contributed by atoms with Gasteiger partial charge in [-0.2, -0.15) is 0 Å². The molecule has 0 aliphatic heterocycles. The van der Waals surface area contributed by atoms with Gasteiger partial charge in [-0.15, -0.1) is 0 Å². The summed E-state index contributed by atoms with van der Waals surface area (Å²) in [4.78, 5) is 0. The van der Waals surface area contributed by atoms with Crippen LogP contribution < -0.4 is 5.73 Å². The molecule has 4 rings (SSSR count). The number of hydrogen-bond donors (Lipinski definition) is 1. The van der Waals surface area contributed by atoms with Gasteiger partial charge in [0.25, 0.3) is 0 Å². The lowest BCUT2D eigenvalue weighted by atomic mass is 9.44. The summed E-state index contributed by atoms with van der Waals surface area (Å²) in [5.74, 6) is 3.77. The highest BCUT2D eigenvalue weighted by Crippen LogP contribution is 2.68. The Balaban J connectivity index is 1.79. The predicted molar refractivity (Wildman–Crippen MR) is 63.3 cm³/mol. The van der Waals surface area contributed by atoms with Gasteiger partial charge in [0.2, 0.25) is 0 Å². The Hall–Kier alpha value is -0.0400. The van der Waals surface area contributed by atoms with Crippen molar-refractivity contribution in [2.45, 2.75) is 53.0 Å². The van der Waals surface area contributed by atoms with Crippen LogP contribution in [0.15, 0.2) is 0 Å². The molecule has 0 amide bonds. The van der Waals surface area contributed by atoms with Crippen molar-refractivity contribution >= 4 is 0 Å². The first-order valence-corrected chi connectivity index (χ1v) is 6.62. The molecule has 0 saturated heterocycles. The molecule has 15 heavy (non-hydrogen) atoms. The van der Waals surface area contributed by atoms with Crippen molar-refractivity contribution in [1.82, 2.24) is 0 Å². The van der Waals surface area contributed by atoms with Gasteiger partial charge in [0, 0.05) is 6.04 Å². The summed E-state index contributed by atoms with van der Waals surface area (Å²) >= 11 is 0. The van der Waals surface area contributed by atoms with E-state index in [-0.39, 0.29) is 0 Å². The lowest BCUT2D eigenvalue weighted by Crippen LogP contribution is -2.53. The lowest BCUT2D eigenvalue weighted by molar-refractivity contribution is -0.114. The fourth-order valence-electron chi connectivity index (χ4n) is 4.83. The number of nitrogens with two attached hydrogens (primary N) is 1. The molecule has 2 N–H and O–H groups in total. The maximum absolute atomic E-state index is 6.24. The number of rotatable bonds is 1. The van der Waals surface area contributed by atoms with Crippen LogP contribution >= 0.6 is 0 Å². The van der Waals surface area contributed by atoms with Crippen LogP contribution in [-0.2, 0) is 0 Å². The third-order valence-electron chi connectivity index (χ3n) is 6.37. The zero-order valence-corrected chi connectivity index (χ0v) is 10.6. The Bertz CT molecular complexity index is 288. The van der Waals surface area contributed by atoms with E-state index in [1.54, 1.807) is 0 Å². The Labute approximate surface area is 93.8 Å². The highest BCUT2D eigenvalue weighted by atomic mass is 14.9. The van der Waals surface area contributed by atoms with Gasteiger partial charge in [0.05, 0.1) is 0 Å². The van der Waals surface area contributed by atoms with Gasteiger partial charge in [-0.3, -0.25) is 0 Å². The average Bonchev–Trinajstić information content (AvgIpc) is 2.66. The average molecular weight is 207 g/mol. The largest absolute Gasteiger partial charge is 0.327 e. The summed E-state index contributed by atoms with van der Waals surface area (Å²) in [5, 5.41) is 0. The summed E-state index contributed by atoms with van der Waals surface area (Å²) < 4.78 is 0. The van der Waals surface area contributed by atoms with E-state index in [1.807, 2.05) is 0 Å². The van der Waals surface area contributed by atoms with Crippen molar-refractivity contribution in [3.63, 3.8) is 0 Å². The molecular formula is C14H25N. The normalized spacial score (nSPS) is 54.6. The van der Waals surface area contributed by atoms with Gasteiger partial charge in [0.1, 0.15) is 0 Å². The SMILES string of the molecule is CC1(C)C2CCC([C@H]3[C@H](N)C3(C)C)C1C2. The summed E-state index contributed by atoms with van der Waals surface area (Å²) in [7, 11) is 0. The molecule has 0 heterocycles. The van der Waals surface area contributed by atoms with Gasteiger partial charge in [-0.25, -0.2) is 0 Å². The zero-order valence-electron chi connectivity index (χ0n) is 10.6. The van der Waals surface area contributed by atoms with E-state index >= 15 is 0 Å². The molecule has 4 aliphatic rings. The van der Waals surface area contributed by atoms with Crippen molar-refractivity contribution in [3.8, 4) is 0 Å². The van der Waals surface area contributed by atoms with Gasteiger partial charge < -0.3 is 5.73 Å². The van der Waals surface area contributed by atoms with E-state index < -0.39 is 0 Å². The molecule has 4 aliphatic carbocycles. The summed E-state index contributed by atoms with van der Waals surface area (Å²) in [5.41, 5.74) is 7.30. The van der Waals surface area contributed by atoms with Crippen LogP contribution in [0.5, 0.6) is 0 Å². The molecule has 0 radical (unpaired) electrons. The van der Waals surface area contributed by atoms with Gasteiger partial charge >= 0.3 is 0 Å². The van der Waals surface area contributed by atoms with Crippen LogP contribution in [0.25, 0.3) is 0 Å². The minimum absolute atomic E-state index is 0.434. The smallest absolute Gasteiger partial charge is 0.0130 e. The number of fused-ring (bicyclic) bond motifs is 2. The quantitative estimate of drug-likeness (QED) is 0.702. The molecule has 86 valence electrons. The van der Waals surface area contributed by atoms with Crippen LogP contribution in [0.1, 0.15) is 47.0 Å². The minimum atomic E-state index is 0.434. The van der Waals surface area contributed by atoms with Crippen molar-refractivity contribution in [3.05, 3.63) is 0 Å². The molecule has 5 atom stereocenters. The maximum Gasteiger partial charge on any atom is 0.0130 e. The van der Waals surface area contributed by atoms with E-state index in [4.69, 9.17) is 5.73 Å². The van der Waals surface area contributed by atoms with Gasteiger partial charge in [0.15, 0.2) is 0 Å². The molecule has 1 heteroatoms. The summed E-state index contributed by atoms with van der Waals surface area (Å²) in [6, 6.07) is 0.482. The Morgan fingerprint density at radius 2 is 1.60 bits per heavy atom. The minimum Gasteiger partial charge on any atom is -0.327 e. The Morgan fingerprint density at radius 3 is 2.00 bits per heavy atom. The molecule has 1 nitrogen and oxygen atoms in total. The van der Waals surface area contributed by atoms with E-state index in [1.165, 1.54) is 19.3 Å². The van der Waals surface area contributed by atoms with Crippen LogP contribution in [0.3, 0.4) is 0 Å². The second-order valence-corrected chi connectivity index (χ2v) is 7.47. The number of hydrogen-bond acceptors (Lipinski definition) is 1. The molecule has 0 spiro atoms. The standard InChI is InChI=1S/C14H25N/c1-13(2)8-5-6-9(10(13)7-8)11-12(15)14(11,3)4/h8-12H,5-7,15H2,1-4H3/t8?,9?,10?,11-,12-/m0/s1. The molecule has 2 bridgehead atoms. The second kappa shape index (κ2) is 2.61. The van der Waals surface area contributed by atoms with E-state index in [0.29, 0.717) is 16.9 Å². The van der Waals surface area contributed by atoms with Crippen LogP contribution in [-0.4, -0.2) is 6.04 Å². The first-order chi connectivity index (χ1) is 6.87. The lowest BCUT2D eigenvalue weighted by Gasteiger charge is -2.60. The second-order valence-electron chi connectivity index (χ2n) is 7.47. The van der Waals surface area contributed by atoms with Crippen molar-refractivity contribution in [2.24, 2.45) is 40.2 Å². The predicted octanol–water partition coefficient (Wildman–Crippen LogP) is 3.04. The van der Waals surface area contributed by atoms with Crippen LogP contribution in [0.2, 0.25) is 0 Å². The fraction of sp³-hybridized carbons (Fsp3) is 1.00. The highest BCUT2D eigenvalue weighted by molar-refractivity contribution is 5.16. The van der Waals surface area contributed by atoms with Crippen molar-refractivity contribution in [1.29, 1.82) is 0 Å². The van der Waals surface area contributed by atoms with Gasteiger partial charge in [-0.1, -0.05) is 27.7 Å². The third kappa shape index (κ3) is 1.08. The molecule has 0 aromatic heterocycles. The molecule has 0 aromatic carbocycles. The van der Waals surface area contributed by atoms with Crippen molar-refractivity contribution in [2.75, 3.05) is 0 Å². The van der Waals surface area contributed by atoms with Gasteiger partial charge in [-0.05, 0) is 53.8 Å². The topological polar surface area (TPSA) is 26.0 Å². The fourth-order valence-corrected chi connectivity index (χ4v) is 4.83. The Kier molecular flexibility index (Phi) is 1.77. The van der Waals surface area contributed by atoms with E-state index in [2.05, 4.69) is 27.7 Å². The monoisotopic (exact) mass is 207 g/mol. The van der Waals surface area contributed by atoms with Crippen LogP contribution in [0.4, 0.5) is 0 Å². The molecule has 0 aromatic rings. The molecule has 3 unspecified atom stereocenters. The molecule has 4 saturated carbocycles. The maximum atomic E-state index is 6.24. The summed E-state index contributed by atoms with van der Waals surface area (Å²) in [6.07, 6.45) is 4.42. The van der Waals surface area contributed by atoms with Crippen molar-refractivity contribution < 1.29 is 0 Å². The Morgan fingerprint density at radius 1 is 1.00 bits per heavy atom. The van der Waals surface area contributed by atoms with E-state index in [0.717, 1.165) is 23.7 Å². The highest BCUT2D eigenvalue weighted by Gasteiger charge is 2.65. The summed E-state index contributed by atoms with van der Waals surface area (Å²) in [6.45, 7) is 9.69. The third-order valence-corrected chi connectivity index (χ3v) is 6.37. The first kappa shape index (κ1) is 10.1. The zero-order chi connectivity index (χ0) is 11.0. The first-order valence-electron chi connectivity index (χ1n) is 6.62. The molecule has 4 fully saturated rings. The van der Waals surface area contributed by atoms with E-state index in [9.17, 15) is 0 Å². The molecular weight excluding hydrogens is 182 g/mol.